The highest BCUT2D eigenvalue weighted by atomic mass is 19.1. The molecule has 21 heavy (non-hydrogen) atoms. The van der Waals surface area contributed by atoms with E-state index in [4.69, 9.17) is 4.74 Å². The number of rotatable bonds is 8. The van der Waals surface area contributed by atoms with Crippen molar-refractivity contribution in [1.82, 2.24) is 10.6 Å². The first-order chi connectivity index (χ1) is 10.0. The molecule has 4 nitrogen and oxygen atoms in total. The molecule has 1 amide bonds. The van der Waals surface area contributed by atoms with Gasteiger partial charge < -0.3 is 15.4 Å². The van der Waals surface area contributed by atoms with Crippen molar-refractivity contribution in [2.24, 2.45) is 0 Å². The van der Waals surface area contributed by atoms with Crippen LogP contribution < -0.4 is 15.4 Å². The lowest BCUT2D eigenvalue weighted by atomic mass is 10.1. The van der Waals surface area contributed by atoms with Gasteiger partial charge in [0.15, 0.2) is 6.61 Å². The Morgan fingerprint density at radius 3 is 2.57 bits per heavy atom. The average Bonchev–Trinajstić information content (AvgIpc) is 2.50. The maximum Gasteiger partial charge on any atom is 0.258 e. The van der Waals surface area contributed by atoms with E-state index in [0.29, 0.717) is 11.3 Å². The van der Waals surface area contributed by atoms with Crippen LogP contribution in [-0.4, -0.2) is 25.6 Å². The van der Waals surface area contributed by atoms with Gasteiger partial charge in [-0.25, -0.2) is 4.39 Å². The molecule has 2 N–H and O–H groups in total. The molecule has 1 unspecified atom stereocenters. The van der Waals surface area contributed by atoms with Gasteiger partial charge in [0.2, 0.25) is 0 Å². The number of hydrogen-bond donors (Lipinski definition) is 2. The molecule has 0 saturated heterocycles. The summed E-state index contributed by atoms with van der Waals surface area (Å²) >= 11 is 0. The number of ether oxygens (including phenoxy) is 1. The highest BCUT2D eigenvalue weighted by Crippen LogP contribution is 2.25. The Balaban J connectivity index is 2.68. The first-order valence-electron chi connectivity index (χ1n) is 7.40. The standard InChI is InChI=1S/C16H25FN2O2/c1-5-13(6-2)19-16(20)10-21-15-8-7-12(17)9-14(15)11(3)18-4/h7-9,11,13,18H,5-6,10H2,1-4H3,(H,19,20). The third-order valence-corrected chi connectivity index (χ3v) is 3.58. The van der Waals surface area contributed by atoms with Crippen molar-refractivity contribution in [3.05, 3.63) is 29.6 Å². The van der Waals surface area contributed by atoms with E-state index in [1.165, 1.54) is 12.1 Å². The van der Waals surface area contributed by atoms with Gasteiger partial charge in [-0.3, -0.25) is 4.79 Å². The highest BCUT2D eigenvalue weighted by Gasteiger charge is 2.14. The monoisotopic (exact) mass is 296 g/mol. The van der Waals surface area contributed by atoms with E-state index in [0.717, 1.165) is 12.8 Å². The van der Waals surface area contributed by atoms with Gasteiger partial charge >= 0.3 is 0 Å². The van der Waals surface area contributed by atoms with E-state index in [1.807, 2.05) is 20.8 Å². The fourth-order valence-corrected chi connectivity index (χ4v) is 2.05. The van der Waals surface area contributed by atoms with Crippen LogP contribution in [0, 0.1) is 5.82 Å². The predicted octanol–water partition coefficient (Wildman–Crippen LogP) is 2.79. The van der Waals surface area contributed by atoms with Gasteiger partial charge in [0.25, 0.3) is 5.91 Å². The van der Waals surface area contributed by atoms with E-state index >= 15 is 0 Å². The van der Waals surface area contributed by atoms with Crippen molar-refractivity contribution in [1.29, 1.82) is 0 Å². The molecule has 0 aliphatic rings. The quantitative estimate of drug-likeness (QED) is 0.775. The van der Waals surface area contributed by atoms with Crippen molar-refractivity contribution in [2.45, 2.75) is 45.7 Å². The molecular formula is C16H25FN2O2. The number of benzene rings is 1. The number of halogens is 1. The zero-order valence-corrected chi connectivity index (χ0v) is 13.2. The van der Waals surface area contributed by atoms with Gasteiger partial charge in [-0.05, 0) is 45.0 Å². The highest BCUT2D eigenvalue weighted by molar-refractivity contribution is 5.77. The summed E-state index contributed by atoms with van der Waals surface area (Å²) in [6.07, 6.45) is 1.78. The van der Waals surface area contributed by atoms with Crippen LogP contribution in [0.25, 0.3) is 0 Å². The third kappa shape index (κ3) is 5.34. The van der Waals surface area contributed by atoms with Crippen LogP contribution in [0.15, 0.2) is 18.2 Å². The van der Waals surface area contributed by atoms with Gasteiger partial charge in [0, 0.05) is 17.6 Å². The Morgan fingerprint density at radius 1 is 1.33 bits per heavy atom. The summed E-state index contributed by atoms with van der Waals surface area (Å²) in [5.41, 5.74) is 0.702. The van der Waals surface area contributed by atoms with Gasteiger partial charge in [-0.2, -0.15) is 0 Å². The Bertz CT molecular complexity index is 462. The summed E-state index contributed by atoms with van der Waals surface area (Å²) in [6, 6.07) is 4.43. The normalized spacial score (nSPS) is 12.3. The lowest BCUT2D eigenvalue weighted by Gasteiger charge is -2.18. The Morgan fingerprint density at radius 2 is 2.00 bits per heavy atom. The SMILES string of the molecule is CCC(CC)NC(=O)COc1ccc(F)cc1C(C)NC. The van der Waals surface area contributed by atoms with E-state index in [-0.39, 0.29) is 30.4 Å². The first-order valence-corrected chi connectivity index (χ1v) is 7.40. The molecule has 0 saturated carbocycles. The Labute approximate surface area is 126 Å². The average molecular weight is 296 g/mol. The minimum Gasteiger partial charge on any atom is -0.483 e. The molecule has 1 aromatic carbocycles. The molecule has 0 spiro atoms. The summed E-state index contributed by atoms with van der Waals surface area (Å²) in [5, 5.41) is 5.95. The van der Waals surface area contributed by atoms with Crippen LogP contribution in [0.3, 0.4) is 0 Å². The summed E-state index contributed by atoms with van der Waals surface area (Å²) in [7, 11) is 1.79. The van der Waals surface area contributed by atoms with E-state index in [1.54, 1.807) is 13.1 Å². The molecule has 0 bridgehead atoms. The number of amides is 1. The lowest BCUT2D eigenvalue weighted by molar-refractivity contribution is -0.123. The second-order valence-corrected chi connectivity index (χ2v) is 5.06. The second-order valence-electron chi connectivity index (χ2n) is 5.06. The van der Waals surface area contributed by atoms with Crippen LogP contribution in [0.1, 0.15) is 45.2 Å². The summed E-state index contributed by atoms with van der Waals surface area (Å²) in [6.45, 7) is 5.90. The van der Waals surface area contributed by atoms with E-state index in [9.17, 15) is 9.18 Å². The van der Waals surface area contributed by atoms with Crippen LogP contribution in [-0.2, 0) is 4.79 Å². The van der Waals surface area contributed by atoms with E-state index < -0.39 is 0 Å². The Hall–Kier alpha value is -1.62. The molecule has 0 aliphatic heterocycles. The zero-order chi connectivity index (χ0) is 15.8. The maximum absolute atomic E-state index is 13.3. The van der Waals surface area contributed by atoms with Crippen LogP contribution in [0.5, 0.6) is 5.75 Å². The van der Waals surface area contributed by atoms with Crippen LogP contribution in [0.4, 0.5) is 4.39 Å². The fourth-order valence-electron chi connectivity index (χ4n) is 2.05. The summed E-state index contributed by atoms with van der Waals surface area (Å²) in [5.74, 6) is 0.0509. The minimum atomic E-state index is -0.319. The molecule has 0 radical (unpaired) electrons. The third-order valence-electron chi connectivity index (χ3n) is 3.58. The lowest BCUT2D eigenvalue weighted by Crippen LogP contribution is -2.37. The Kier molecular flexibility index (Phi) is 7.15. The number of carbonyl (C=O) groups excluding carboxylic acids is 1. The number of nitrogens with one attached hydrogen (secondary N) is 2. The zero-order valence-electron chi connectivity index (χ0n) is 13.2. The number of hydrogen-bond acceptors (Lipinski definition) is 3. The smallest absolute Gasteiger partial charge is 0.258 e. The van der Waals surface area contributed by atoms with Crippen molar-refractivity contribution in [2.75, 3.05) is 13.7 Å². The molecule has 5 heteroatoms. The molecule has 1 rings (SSSR count). The second kappa shape index (κ2) is 8.62. The van der Waals surface area contributed by atoms with Gasteiger partial charge in [0.05, 0.1) is 0 Å². The molecule has 1 atom stereocenters. The molecular weight excluding hydrogens is 271 g/mol. The van der Waals surface area contributed by atoms with Crippen molar-refractivity contribution in [3.63, 3.8) is 0 Å². The molecule has 1 aromatic rings. The molecule has 0 heterocycles. The van der Waals surface area contributed by atoms with E-state index in [2.05, 4.69) is 10.6 Å². The minimum absolute atomic E-state index is 0.0576. The topological polar surface area (TPSA) is 50.4 Å². The van der Waals surface area contributed by atoms with Crippen LogP contribution >= 0.6 is 0 Å². The molecule has 0 aromatic heterocycles. The van der Waals surface area contributed by atoms with Crippen molar-refractivity contribution in [3.8, 4) is 5.75 Å². The van der Waals surface area contributed by atoms with Crippen molar-refractivity contribution >= 4 is 5.91 Å². The van der Waals surface area contributed by atoms with Crippen LogP contribution in [0.2, 0.25) is 0 Å². The fraction of sp³-hybridized carbons (Fsp3) is 0.562. The predicted molar refractivity (Wildman–Crippen MR) is 81.9 cm³/mol. The van der Waals surface area contributed by atoms with Gasteiger partial charge in [0.1, 0.15) is 11.6 Å². The molecule has 118 valence electrons. The summed E-state index contributed by atoms with van der Waals surface area (Å²) in [4.78, 5) is 11.8. The van der Waals surface area contributed by atoms with Gasteiger partial charge in [-0.15, -0.1) is 0 Å². The number of carbonyl (C=O) groups is 1. The largest absolute Gasteiger partial charge is 0.483 e. The maximum atomic E-state index is 13.3. The molecule has 0 fully saturated rings. The van der Waals surface area contributed by atoms with Crippen molar-refractivity contribution < 1.29 is 13.9 Å². The van der Waals surface area contributed by atoms with Gasteiger partial charge in [-0.1, -0.05) is 13.8 Å². The molecule has 0 aliphatic carbocycles. The summed E-state index contributed by atoms with van der Waals surface area (Å²) < 4.78 is 18.9. The first kappa shape index (κ1) is 17.4.